The molecule has 0 aliphatic heterocycles. The van der Waals surface area contributed by atoms with Gasteiger partial charge in [-0.15, -0.1) is 0 Å². The molecule has 32 heavy (non-hydrogen) atoms. The number of pyridine rings is 1. The lowest BCUT2D eigenvalue weighted by Gasteiger charge is -2.13. The number of ether oxygens (including phenoxy) is 1. The number of aromatic nitrogens is 3. The van der Waals surface area contributed by atoms with Crippen LogP contribution < -0.4 is 10.1 Å². The quantitative estimate of drug-likeness (QED) is 0.424. The summed E-state index contributed by atoms with van der Waals surface area (Å²) in [7, 11) is 1.56. The Morgan fingerprint density at radius 2 is 1.94 bits per heavy atom. The molecule has 0 spiro atoms. The molecule has 2 aromatic heterocycles. The number of halogens is 2. The molecule has 0 unspecified atom stereocenters. The molecule has 4 aromatic rings. The third-order valence-corrected chi connectivity index (χ3v) is 5.62. The lowest BCUT2D eigenvalue weighted by molar-refractivity contribution is -0.116. The highest BCUT2D eigenvalue weighted by atomic mass is 35.5. The first kappa shape index (κ1) is 21.8. The monoisotopic (exact) mass is 452 g/mol. The molecule has 0 atom stereocenters. The van der Waals surface area contributed by atoms with E-state index in [4.69, 9.17) is 21.3 Å². The first-order chi connectivity index (χ1) is 15.4. The van der Waals surface area contributed by atoms with Crippen LogP contribution in [0.1, 0.15) is 23.2 Å². The van der Waals surface area contributed by atoms with Crippen molar-refractivity contribution in [2.75, 3.05) is 12.4 Å². The van der Waals surface area contributed by atoms with Crippen LogP contribution in [0.15, 0.2) is 48.5 Å². The fourth-order valence-corrected chi connectivity index (χ4v) is 3.96. The first-order valence-corrected chi connectivity index (χ1v) is 10.5. The highest BCUT2D eigenvalue weighted by Gasteiger charge is 2.20. The van der Waals surface area contributed by atoms with Crippen molar-refractivity contribution in [1.29, 1.82) is 0 Å². The number of carbonyl (C=O) groups excluding carboxylic acids is 1. The Balaban J connectivity index is 1.62. The maximum absolute atomic E-state index is 13.3. The Hall–Kier alpha value is -3.45. The maximum Gasteiger partial charge on any atom is 0.224 e. The van der Waals surface area contributed by atoms with Crippen molar-refractivity contribution in [1.82, 2.24) is 14.8 Å². The lowest BCUT2D eigenvalue weighted by atomic mass is 10.0. The summed E-state index contributed by atoms with van der Waals surface area (Å²) in [5, 5.41) is 8.32. The molecular formula is C24H22ClFN4O2. The van der Waals surface area contributed by atoms with E-state index in [1.807, 2.05) is 44.2 Å². The molecule has 0 fully saturated rings. The van der Waals surface area contributed by atoms with Crippen LogP contribution in [-0.4, -0.2) is 27.8 Å². The summed E-state index contributed by atoms with van der Waals surface area (Å²) in [5.41, 5.74) is 4.73. The number of amides is 1. The minimum Gasteiger partial charge on any atom is -0.481 e. The third kappa shape index (κ3) is 4.16. The molecule has 0 aliphatic carbocycles. The topological polar surface area (TPSA) is 69.0 Å². The van der Waals surface area contributed by atoms with E-state index in [0.717, 1.165) is 27.9 Å². The highest BCUT2D eigenvalue weighted by Crippen LogP contribution is 2.32. The largest absolute Gasteiger partial charge is 0.481 e. The molecule has 2 aromatic carbocycles. The van der Waals surface area contributed by atoms with Crippen LogP contribution >= 0.6 is 11.6 Å². The van der Waals surface area contributed by atoms with Crippen LogP contribution in [0.25, 0.3) is 16.7 Å². The zero-order valence-corrected chi connectivity index (χ0v) is 18.7. The van der Waals surface area contributed by atoms with Gasteiger partial charge in [-0.1, -0.05) is 29.8 Å². The van der Waals surface area contributed by atoms with Gasteiger partial charge in [0.15, 0.2) is 5.65 Å². The first-order valence-electron chi connectivity index (χ1n) is 10.1. The van der Waals surface area contributed by atoms with E-state index in [1.54, 1.807) is 11.8 Å². The van der Waals surface area contributed by atoms with E-state index in [0.29, 0.717) is 23.6 Å². The van der Waals surface area contributed by atoms with Gasteiger partial charge in [0, 0.05) is 23.1 Å². The molecule has 4 rings (SSSR count). The molecule has 6 nitrogen and oxygen atoms in total. The van der Waals surface area contributed by atoms with E-state index in [2.05, 4.69) is 10.4 Å². The van der Waals surface area contributed by atoms with E-state index >= 15 is 0 Å². The number of aryl methyl sites for hydroxylation is 2. The summed E-state index contributed by atoms with van der Waals surface area (Å²) in [4.78, 5) is 17.2. The number of methoxy groups -OCH3 is 1. The number of para-hydroxylation sites is 1. The van der Waals surface area contributed by atoms with Gasteiger partial charge in [-0.05, 0) is 56.2 Å². The second-order valence-electron chi connectivity index (χ2n) is 7.43. The molecule has 164 valence electrons. The van der Waals surface area contributed by atoms with Gasteiger partial charge in [-0.25, -0.2) is 9.07 Å². The number of anilines is 1. The summed E-state index contributed by atoms with van der Waals surface area (Å²) in [6.45, 7) is 3.93. The van der Waals surface area contributed by atoms with Crippen molar-refractivity contribution < 1.29 is 13.9 Å². The fraction of sp³-hybridized carbons (Fsp3) is 0.208. The molecule has 0 bridgehead atoms. The van der Waals surface area contributed by atoms with Crippen LogP contribution in [0.3, 0.4) is 0 Å². The van der Waals surface area contributed by atoms with E-state index in [9.17, 15) is 9.18 Å². The molecule has 0 saturated carbocycles. The fourth-order valence-electron chi connectivity index (χ4n) is 3.78. The minimum atomic E-state index is -0.532. The zero-order valence-electron chi connectivity index (χ0n) is 17.9. The Morgan fingerprint density at radius 1 is 1.19 bits per heavy atom. The van der Waals surface area contributed by atoms with Crippen LogP contribution in [-0.2, 0) is 11.2 Å². The summed E-state index contributed by atoms with van der Waals surface area (Å²) in [6.07, 6.45) is 0.625. The van der Waals surface area contributed by atoms with Crippen LogP contribution in [0.2, 0.25) is 5.02 Å². The van der Waals surface area contributed by atoms with Crippen molar-refractivity contribution in [3.8, 4) is 11.6 Å². The van der Waals surface area contributed by atoms with Gasteiger partial charge in [0.1, 0.15) is 5.82 Å². The number of fused-ring (bicyclic) bond motifs is 1. The average Bonchev–Trinajstić information content (AvgIpc) is 3.12. The molecule has 8 heteroatoms. The van der Waals surface area contributed by atoms with Gasteiger partial charge < -0.3 is 10.1 Å². The number of benzene rings is 2. The van der Waals surface area contributed by atoms with Crippen molar-refractivity contribution in [3.63, 3.8) is 0 Å². The van der Waals surface area contributed by atoms with E-state index in [-0.39, 0.29) is 17.4 Å². The smallest absolute Gasteiger partial charge is 0.224 e. The van der Waals surface area contributed by atoms with Crippen LogP contribution in [0, 0.1) is 19.7 Å². The highest BCUT2D eigenvalue weighted by molar-refractivity contribution is 6.31. The zero-order chi connectivity index (χ0) is 22.8. The Labute approximate surface area is 190 Å². The predicted octanol–water partition coefficient (Wildman–Crippen LogP) is 5.41. The molecule has 0 aliphatic rings. The number of nitrogens with zero attached hydrogens (tertiary/aromatic N) is 3. The molecule has 0 radical (unpaired) electrons. The van der Waals surface area contributed by atoms with Gasteiger partial charge in [0.05, 0.1) is 23.5 Å². The third-order valence-electron chi connectivity index (χ3n) is 5.33. The van der Waals surface area contributed by atoms with Crippen LogP contribution in [0.5, 0.6) is 5.88 Å². The normalized spacial score (nSPS) is 11.0. The SMILES string of the molecule is COc1nc2c(c(C)nn2-c2ccccc2)c(C)c1CCC(=O)Nc1ccc(F)c(Cl)c1. The van der Waals surface area contributed by atoms with Gasteiger partial charge >= 0.3 is 0 Å². The summed E-state index contributed by atoms with van der Waals surface area (Å²) in [5.74, 6) is -0.286. The molecular weight excluding hydrogens is 431 g/mol. The number of hydrogen-bond donors (Lipinski definition) is 1. The average molecular weight is 453 g/mol. The lowest BCUT2D eigenvalue weighted by Crippen LogP contribution is -2.13. The Morgan fingerprint density at radius 3 is 2.62 bits per heavy atom. The van der Waals surface area contributed by atoms with E-state index in [1.165, 1.54) is 18.2 Å². The second kappa shape index (κ2) is 8.96. The van der Waals surface area contributed by atoms with Crippen molar-refractivity contribution in [2.24, 2.45) is 0 Å². The second-order valence-corrected chi connectivity index (χ2v) is 7.84. The number of carbonyl (C=O) groups is 1. The van der Waals surface area contributed by atoms with Gasteiger partial charge in [0.25, 0.3) is 0 Å². The predicted molar refractivity (Wildman–Crippen MR) is 123 cm³/mol. The number of nitrogens with one attached hydrogen (secondary N) is 1. The maximum atomic E-state index is 13.3. The molecule has 0 saturated heterocycles. The van der Waals surface area contributed by atoms with Gasteiger partial charge in [-0.2, -0.15) is 10.1 Å². The van der Waals surface area contributed by atoms with Crippen molar-refractivity contribution >= 4 is 34.2 Å². The summed E-state index contributed by atoms with van der Waals surface area (Å²) in [6, 6.07) is 13.9. The van der Waals surface area contributed by atoms with Gasteiger partial charge in [-0.3, -0.25) is 4.79 Å². The Kier molecular flexibility index (Phi) is 6.10. The van der Waals surface area contributed by atoms with Gasteiger partial charge in [0.2, 0.25) is 11.8 Å². The van der Waals surface area contributed by atoms with Crippen molar-refractivity contribution in [2.45, 2.75) is 26.7 Å². The Bertz CT molecular complexity index is 1300. The van der Waals surface area contributed by atoms with E-state index < -0.39 is 5.82 Å². The standard InChI is InChI=1S/C24H22ClFN4O2/c1-14-18(10-12-21(31)27-16-9-11-20(26)19(25)13-16)24(32-3)28-23-22(14)15(2)29-30(23)17-7-5-4-6-8-17/h4-9,11,13H,10,12H2,1-3H3,(H,27,31). The number of hydrogen-bond acceptors (Lipinski definition) is 4. The minimum absolute atomic E-state index is 0.0409. The van der Waals surface area contributed by atoms with Crippen molar-refractivity contribution in [3.05, 3.63) is 76.2 Å². The van der Waals surface area contributed by atoms with Crippen LogP contribution in [0.4, 0.5) is 10.1 Å². The molecule has 2 heterocycles. The number of rotatable bonds is 6. The molecule has 1 N–H and O–H groups in total. The molecule has 1 amide bonds. The summed E-state index contributed by atoms with van der Waals surface area (Å²) >= 11 is 5.79. The summed E-state index contributed by atoms with van der Waals surface area (Å²) < 4.78 is 20.7.